The Morgan fingerprint density at radius 2 is 1.59 bits per heavy atom. The Morgan fingerprint density at radius 1 is 0.875 bits per heavy atom. The van der Waals surface area contributed by atoms with Crippen LogP contribution < -0.4 is 24.8 Å². The van der Waals surface area contributed by atoms with Crippen LogP contribution in [0.15, 0.2) is 102 Å². The second-order valence-electron chi connectivity index (χ2n) is 20.8. The molecule has 0 radical (unpaired) electrons. The summed E-state index contributed by atoms with van der Waals surface area (Å²) in [7, 11) is -1.17. The monoisotopic (exact) mass is 1130 g/mol. The minimum Gasteiger partial charge on any atom is -0.493 e. The van der Waals surface area contributed by atoms with Crippen molar-refractivity contribution in [2.45, 2.75) is 128 Å². The number of aliphatic hydroxyl groups is 2. The largest absolute Gasteiger partial charge is 0.493 e. The van der Waals surface area contributed by atoms with Crippen LogP contribution in [-0.4, -0.2) is 140 Å². The number of Topliss-reactive ketones (excluding diaryl/α,β-unsaturated/α-hetero) is 1. The summed E-state index contributed by atoms with van der Waals surface area (Å²) in [4.78, 5) is 78.7. The lowest BCUT2D eigenvalue weighted by atomic mass is 9.84. The topological polar surface area (TPSA) is 280 Å². The smallest absolute Gasteiger partial charge is 0.407 e. The molecule has 4 aromatic rings. The summed E-state index contributed by atoms with van der Waals surface area (Å²) in [6.07, 6.45) is -1.70. The van der Waals surface area contributed by atoms with Crippen LogP contribution in [0.5, 0.6) is 17.2 Å². The molecule has 1 heterocycles. The number of amides is 3. The number of aliphatic hydroxyl groups excluding tert-OH is 2. The molecular formula is C58H77N5O16S. The highest BCUT2D eigenvalue weighted by Gasteiger charge is 2.41. The highest BCUT2D eigenvalue weighted by Crippen LogP contribution is 2.33. The predicted molar refractivity (Wildman–Crippen MR) is 296 cm³/mol. The molecule has 22 heteroatoms. The van der Waals surface area contributed by atoms with E-state index >= 15 is 0 Å². The third-order valence-corrected chi connectivity index (χ3v) is 15.7. The summed E-state index contributed by atoms with van der Waals surface area (Å²) in [5.41, 5.74) is 1.04. The van der Waals surface area contributed by atoms with Crippen molar-refractivity contribution in [3.63, 3.8) is 0 Å². The normalized spacial score (nSPS) is 15.2. The number of hydrogen-bond acceptors (Lipinski definition) is 16. The fourth-order valence-electron chi connectivity index (χ4n) is 8.90. The van der Waals surface area contributed by atoms with Crippen molar-refractivity contribution in [1.29, 1.82) is 0 Å². The first kappa shape index (κ1) is 63.7. The number of benzene rings is 4. The third kappa shape index (κ3) is 18.7. The van der Waals surface area contributed by atoms with E-state index in [1.54, 1.807) is 103 Å². The first-order chi connectivity index (χ1) is 38.1. The number of nitrogens with zero attached hydrogens (tertiary/aromatic N) is 3. The van der Waals surface area contributed by atoms with Gasteiger partial charge in [0.25, 0.3) is 11.6 Å². The van der Waals surface area contributed by atoms with E-state index in [9.17, 15) is 52.7 Å². The number of nitrogens with one attached hydrogen (secondary N) is 2. The molecule has 0 aromatic heterocycles. The van der Waals surface area contributed by atoms with Crippen molar-refractivity contribution in [2.24, 2.45) is 11.3 Å². The molecule has 1 fully saturated rings. The number of piperidine rings is 1. The van der Waals surface area contributed by atoms with Gasteiger partial charge in [-0.25, -0.2) is 18.0 Å². The van der Waals surface area contributed by atoms with E-state index in [0.717, 1.165) is 34.1 Å². The average molecular weight is 1130 g/mol. The number of nitro groups is 1. The van der Waals surface area contributed by atoms with Crippen LogP contribution in [0.4, 0.5) is 10.5 Å². The van der Waals surface area contributed by atoms with E-state index in [4.69, 9.17) is 23.7 Å². The van der Waals surface area contributed by atoms with Crippen molar-refractivity contribution in [3.05, 3.63) is 124 Å². The predicted octanol–water partition coefficient (Wildman–Crippen LogP) is 6.90. The maximum absolute atomic E-state index is 14.1. The van der Waals surface area contributed by atoms with Crippen molar-refractivity contribution >= 4 is 45.4 Å². The van der Waals surface area contributed by atoms with E-state index in [-0.39, 0.29) is 62.0 Å². The Morgan fingerprint density at radius 3 is 2.25 bits per heavy atom. The van der Waals surface area contributed by atoms with E-state index in [2.05, 4.69) is 10.6 Å². The van der Waals surface area contributed by atoms with Crippen LogP contribution in [0.3, 0.4) is 0 Å². The molecule has 1 saturated heterocycles. The van der Waals surface area contributed by atoms with Crippen LogP contribution in [0.25, 0.3) is 0 Å². The summed E-state index contributed by atoms with van der Waals surface area (Å²) >= 11 is 0. The van der Waals surface area contributed by atoms with E-state index in [1.807, 2.05) is 19.1 Å². The standard InChI is InChI=1S/C58H77N5O16S/c1-8-58(4,5)54(67)55(68)62-31-13-12-19-48(62)56(69)79-50(27-20-41-21-28-51(75-6)52(34-41)76-7)42-17-14-18-45(35-42)77-32-30-59-53(66)29-24-44(64)38-78-57(70)60-47(33-40-15-10-9-11-16-40)49(65)37-61(36-39(2)3)80(73,74)46-25-22-43(23-26-46)63(71)72/h9-11,14-18,21-23,25-26,28,34-35,39,44,47-50,64-65H,8,12-13,19-20,24,27,29-33,36-38H2,1-7H3,(H,59,66)(H,60,70)/t44?,47-,48-,49+,50+/m0/s1. The Labute approximate surface area is 468 Å². The number of carbonyl (C=O) groups is 5. The molecule has 4 N–H and O–H groups in total. The van der Waals surface area contributed by atoms with Crippen molar-refractivity contribution < 1.29 is 71.2 Å². The van der Waals surface area contributed by atoms with Gasteiger partial charge in [0.15, 0.2) is 11.5 Å². The van der Waals surface area contributed by atoms with Gasteiger partial charge in [-0.15, -0.1) is 0 Å². The van der Waals surface area contributed by atoms with Gasteiger partial charge in [0.05, 0.1) is 48.8 Å². The molecule has 436 valence electrons. The van der Waals surface area contributed by atoms with Gasteiger partial charge in [-0.3, -0.25) is 24.5 Å². The van der Waals surface area contributed by atoms with E-state index in [1.165, 1.54) is 4.90 Å². The molecule has 0 bridgehead atoms. The summed E-state index contributed by atoms with van der Waals surface area (Å²) in [6, 6.07) is 23.8. The van der Waals surface area contributed by atoms with Crippen LogP contribution in [-0.2, 0) is 51.5 Å². The van der Waals surface area contributed by atoms with Crippen molar-refractivity contribution in [2.75, 3.05) is 53.6 Å². The second kappa shape index (κ2) is 30.4. The van der Waals surface area contributed by atoms with Crippen LogP contribution >= 0.6 is 0 Å². The van der Waals surface area contributed by atoms with Crippen molar-refractivity contribution in [1.82, 2.24) is 19.8 Å². The molecule has 1 unspecified atom stereocenters. The van der Waals surface area contributed by atoms with Gasteiger partial charge in [0.1, 0.15) is 31.1 Å². The lowest BCUT2D eigenvalue weighted by molar-refractivity contribution is -0.384. The number of nitro benzene ring substituents is 1. The zero-order valence-electron chi connectivity index (χ0n) is 46.7. The number of likely N-dealkylation sites (tertiary alicyclic amines) is 1. The number of aryl methyl sites for hydroxylation is 1. The number of alkyl carbamates (subject to hydrolysis) is 1. The minimum absolute atomic E-state index is 0.0129. The lowest BCUT2D eigenvalue weighted by Crippen LogP contribution is -2.53. The molecule has 1 aliphatic rings. The zero-order valence-corrected chi connectivity index (χ0v) is 47.5. The number of ether oxygens (including phenoxy) is 5. The summed E-state index contributed by atoms with van der Waals surface area (Å²) in [5, 5.41) is 38.8. The number of hydrogen-bond donors (Lipinski definition) is 4. The van der Waals surface area contributed by atoms with Gasteiger partial charge in [-0.2, -0.15) is 4.31 Å². The maximum Gasteiger partial charge on any atom is 0.407 e. The lowest BCUT2D eigenvalue weighted by Gasteiger charge is -2.36. The summed E-state index contributed by atoms with van der Waals surface area (Å²) in [6.45, 7) is 8.28. The van der Waals surface area contributed by atoms with Gasteiger partial charge >= 0.3 is 12.1 Å². The number of esters is 1. The van der Waals surface area contributed by atoms with Gasteiger partial charge < -0.3 is 49.4 Å². The number of carbonyl (C=O) groups excluding carboxylic acids is 5. The van der Waals surface area contributed by atoms with Gasteiger partial charge in [-0.05, 0) is 110 Å². The van der Waals surface area contributed by atoms with Crippen LogP contribution in [0, 0.1) is 21.4 Å². The Bertz CT molecular complexity index is 2810. The first-order valence-electron chi connectivity index (χ1n) is 26.9. The van der Waals surface area contributed by atoms with Crippen LogP contribution in [0.1, 0.15) is 102 Å². The number of ketones is 1. The van der Waals surface area contributed by atoms with E-state index in [0.29, 0.717) is 66.9 Å². The highest BCUT2D eigenvalue weighted by atomic mass is 32.2. The fourth-order valence-corrected chi connectivity index (χ4v) is 10.5. The molecule has 0 aliphatic carbocycles. The SMILES string of the molecule is CCC(C)(C)C(=O)C(=O)N1CCCC[C@H]1C(=O)O[C@H](CCc1ccc(OC)c(OC)c1)c1cccc(OCCNC(=O)CCC(O)COC(=O)N[C@@H](Cc2ccccc2)[C@H](O)CN(CC(C)C)S(=O)(=O)c2ccc([N+](=O)[O-])cc2)c1. The number of non-ortho nitro benzene ring substituents is 1. The molecule has 0 spiro atoms. The molecule has 21 nitrogen and oxygen atoms in total. The summed E-state index contributed by atoms with van der Waals surface area (Å²) < 4.78 is 57.1. The first-order valence-corrected chi connectivity index (χ1v) is 28.3. The molecular weight excluding hydrogens is 1050 g/mol. The zero-order chi connectivity index (χ0) is 58.6. The maximum atomic E-state index is 14.1. The Kier molecular flexibility index (Phi) is 24.2. The average Bonchev–Trinajstić information content (AvgIpc) is 3.50. The number of sulfonamides is 1. The van der Waals surface area contributed by atoms with Crippen molar-refractivity contribution in [3.8, 4) is 17.2 Å². The number of methoxy groups -OCH3 is 2. The van der Waals surface area contributed by atoms with Gasteiger partial charge in [-0.1, -0.05) is 83.1 Å². The molecule has 0 saturated carbocycles. The number of rotatable bonds is 31. The molecule has 5 atom stereocenters. The van der Waals surface area contributed by atoms with Crippen LogP contribution in [0.2, 0.25) is 0 Å². The fraction of sp³-hybridized carbons (Fsp3) is 0.500. The summed E-state index contributed by atoms with van der Waals surface area (Å²) in [5.74, 6) is -0.932. The molecule has 80 heavy (non-hydrogen) atoms. The molecule has 4 aromatic carbocycles. The van der Waals surface area contributed by atoms with Gasteiger partial charge in [0.2, 0.25) is 21.7 Å². The molecule has 3 amide bonds. The minimum atomic E-state index is -4.26. The quantitative estimate of drug-likeness (QED) is 0.0131. The van der Waals surface area contributed by atoms with Gasteiger partial charge in [0, 0.05) is 43.6 Å². The third-order valence-electron chi connectivity index (χ3n) is 13.9. The Hall–Kier alpha value is -7.14. The highest BCUT2D eigenvalue weighted by molar-refractivity contribution is 7.89. The van der Waals surface area contributed by atoms with E-state index < -0.39 is 93.6 Å². The molecule has 5 rings (SSSR count). The Balaban J connectivity index is 1.15. The second-order valence-corrected chi connectivity index (χ2v) is 22.7. The molecule has 1 aliphatic heterocycles.